The predicted molar refractivity (Wildman–Crippen MR) is 80.6 cm³/mol. The van der Waals surface area contributed by atoms with Gasteiger partial charge in [0, 0.05) is 0 Å². The lowest BCUT2D eigenvalue weighted by Gasteiger charge is -2.04. The minimum Gasteiger partial charge on any atom is -0.0620 e. The molecule has 0 amide bonds. The largest absolute Gasteiger partial charge is 0.0620 e. The lowest BCUT2D eigenvalue weighted by Crippen LogP contribution is -1.86. The average molecular weight is 236 g/mol. The second-order valence-electron chi connectivity index (χ2n) is 4.44. The summed E-state index contributed by atoms with van der Waals surface area (Å²) in [5.41, 5.74) is 5.46. The first-order valence-electron chi connectivity index (χ1n) is 6.69. The molecule has 0 aliphatic carbocycles. The Hall–Kier alpha value is -1.82. The van der Waals surface area contributed by atoms with Crippen molar-refractivity contribution in [3.63, 3.8) is 0 Å². The molecule has 0 aromatic heterocycles. The molecule has 0 nitrogen and oxygen atoms in total. The first-order chi connectivity index (χ1) is 8.85. The average Bonchev–Trinajstić information content (AvgIpc) is 2.45. The summed E-state index contributed by atoms with van der Waals surface area (Å²) in [6.45, 7) is 4.40. The highest BCUT2D eigenvalue weighted by Crippen LogP contribution is 2.16. The fourth-order valence-corrected chi connectivity index (χ4v) is 2.22. The van der Waals surface area contributed by atoms with Crippen LogP contribution in [0.15, 0.2) is 48.5 Å². The monoisotopic (exact) mass is 236 g/mol. The van der Waals surface area contributed by atoms with Crippen LogP contribution in [0.2, 0.25) is 0 Å². The zero-order valence-electron chi connectivity index (χ0n) is 11.2. The second-order valence-corrected chi connectivity index (χ2v) is 4.44. The van der Waals surface area contributed by atoms with Crippen LogP contribution < -0.4 is 0 Å². The molecule has 0 radical (unpaired) electrons. The number of hydrogen-bond acceptors (Lipinski definition) is 0. The molecule has 2 aromatic rings. The van der Waals surface area contributed by atoms with Gasteiger partial charge < -0.3 is 0 Å². The Morgan fingerprint density at radius 3 is 1.44 bits per heavy atom. The zero-order valence-corrected chi connectivity index (χ0v) is 11.2. The Bertz CT molecular complexity index is 486. The van der Waals surface area contributed by atoms with Crippen LogP contribution in [0.25, 0.3) is 12.2 Å². The Morgan fingerprint density at radius 2 is 1.06 bits per heavy atom. The van der Waals surface area contributed by atoms with Crippen molar-refractivity contribution in [3.05, 3.63) is 70.8 Å². The van der Waals surface area contributed by atoms with Crippen molar-refractivity contribution in [2.24, 2.45) is 0 Å². The molecule has 0 bridgehead atoms. The number of hydrogen-bond donors (Lipinski definition) is 0. The smallest absolute Gasteiger partial charge is 0.0224 e. The highest BCUT2D eigenvalue weighted by Gasteiger charge is 1.97. The molecular formula is C18H20. The van der Waals surface area contributed by atoms with Crippen LogP contribution in [0.4, 0.5) is 0 Å². The van der Waals surface area contributed by atoms with E-state index in [-0.39, 0.29) is 0 Å². The van der Waals surface area contributed by atoms with E-state index in [1.807, 2.05) is 0 Å². The van der Waals surface area contributed by atoms with Crippen molar-refractivity contribution < 1.29 is 0 Å². The van der Waals surface area contributed by atoms with Gasteiger partial charge in [0.15, 0.2) is 0 Å². The van der Waals surface area contributed by atoms with E-state index in [9.17, 15) is 0 Å². The molecule has 0 heteroatoms. The maximum atomic E-state index is 2.23. The molecule has 0 N–H and O–H groups in total. The Morgan fingerprint density at radius 1 is 0.667 bits per heavy atom. The van der Waals surface area contributed by atoms with Crippen LogP contribution in [0, 0.1) is 0 Å². The van der Waals surface area contributed by atoms with Gasteiger partial charge in [0.1, 0.15) is 0 Å². The minimum absolute atomic E-state index is 1.08. The van der Waals surface area contributed by atoms with Crippen molar-refractivity contribution in [1.82, 2.24) is 0 Å². The van der Waals surface area contributed by atoms with Crippen LogP contribution in [0.1, 0.15) is 36.1 Å². The van der Waals surface area contributed by atoms with Crippen LogP contribution >= 0.6 is 0 Å². The molecule has 92 valence electrons. The third kappa shape index (κ3) is 2.89. The third-order valence-corrected chi connectivity index (χ3v) is 3.31. The Kier molecular flexibility index (Phi) is 4.35. The topological polar surface area (TPSA) is 0 Å². The second kappa shape index (κ2) is 6.20. The van der Waals surface area contributed by atoms with E-state index in [1.165, 1.54) is 22.3 Å². The van der Waals surface area contributed by atoms with Gasteiger partial charge in [0.25, 0.3) is 0 Å². The molecule has 2 rings (SSSR count). The zero-order chi connectivity index (χ0) is 12.8. The van der Waals surface area contributed by atoms with Gasteiger partial charge in [-0.1, -0.05) is 74.5 Å². The van der Waals surface area contributed by atoms with Crippen LogP contribution in [0.5, 0.6) is 0 Å². The van der Waals surface area contributed by atoms with Crippen LogP contribution in [-0.2, 0) is 12.8 Å². The summed E-state index contributed by atoms with van der Waals surface area (Å²) in [7, 11) is 0. The Labute approximate surface area is 110 Å². The normalized spacial score (nSPS) is 11.0. The first kappa shape index (κ1) is 12.6. The van der Waals surface area contributed by atoms with E-state index in [2.05, 4.69) is 74.5 Å². The molecule has 0 aliphatic rings. The van der Waals surface area contributed by atoms with Gasteiger partial charge in [-0.25, -0.2) is 0 Å². The predicted octanol–water partition coefficient (Wildman–Crippen LogP) is 4.98. The lowest BCUT2D eigenvalue weighted by atomic mass is 10.0. The minimum atomic E-state index is 1.08. The van der Waals surface area contributed by atoms with E-state index < -0.39 is 0 Å². The molecule has 0 unspecified atom stereocenters. The van der Waals surface area contributed by atoms with Gasteiger partial charge in [-0.2, -0.15) is 0 Å². The number of rotatable bonds is 4. The highest BCUT2D eigenvalue weighted by atomic mass is 14.0. The van der Waals surface area contributed by atoms with Crippen molar-refractivity contribution in [2.45, 2.75) is 26.7 Å². The summed E-state index contributed by atoms with van der Waals surface area (Å²) < 4.78 is 0. The van der Waals surface area contributed by atoms with Gasteiger partial charge in [-0.15, -0.1) is 0 Å². The van der Waals surface area contributed by atoms with E-state index in [1.54, 1.807) is 0 Å². The first-order valence-corrected chi connectivity index (χ1v) is 6.69. The van der Waals surface area contributed by atoms with Crippen molar-refractivity contribution in [3.8, 4) is 0 Å². The summed E-state index contributed by atoms with van der Waals surface area (Å²) in [5.74, 6) is 0. The standard InChI is InChI=1S/C18H20/c1-3-15-9-5-7-11-17(15)13-14-18-12-8-6-10-16(18)4-2/h5-14H,3-4H2,1-2H3. The molecule has 18 heavy (non-hydrogen) atoms. The van der Waals surface area contributed by atoms with Crippen molar-refractivity contribution in [2.75, 3.05) is 0 Å². The maximum Gasteiger partial charge on any atom is -0.0224 e. The van der Waals surface area contributed by atoms with Gasteiger partial charge >= 0.3 is 0 Å². The van der Waals surface area contributed by atoms with E-state index in [4.69, 9.17) is 0 Å². The molecule has 0 saturated carbocycles. The van der Waals surface area contributed by atoms with Gasteiger partial charge in [-0.3, -0.25) is 0 Å². The van der Waals surface area contributed by atoms with Gasteiger partial charge in [0.2, 0.25) is 0 Å². The quantitative estimate of drug-likeness (QED) is 0.657. The lowest BCUT2D eigenvalue weighted by molar-refractivity contribution is 1.13. The van der Waals surface area contributed by atoms with Gasteiger partial charge in [-0.05, 0) is 35.1 Å². The Balaban J connectivity index is 2.30. The molecule has 0 spiro atoms. The molecule has 0 atom stereocenters. The van der Waals surface area contributed by atoms with Gasteiger partial charge in [0.05, 0.1) is 0 Å². The molecule has 0 fully saturated rings. The summed E-state index contributed by atoms with van der Waals surface area (Å²) in [6, 6.07) is 17.2. The summed E-state index contributed by atoms with van der Waals surface area (Å²) in [4.78, 5) is 0. The third-order valence-electron chi connectivity index (χ3n) is 3.31. The van der Waals surface area contributed by atoms with E-state index in [0.29, 0.717) is 0 Å². The molecule has 0 saturated heterocycles. The van der Waals surface area contributed by atoms with Crippen molar-refractivity contribution >= 4 is 12.2 Å². The summed E-state index contributed by atoms with van der Waals surface area (Å²) in [5, 5.41) is 0. The summed E-state index contributed by atoms with van der Waals surface area (Å²) in [6.07, 6.45) is 6.62. The van der Waals surface area contributed by atoms with Crippen LogP contribution in [0.3, 0.4) is 0 Å². The fourth-order valence-electron chi connectivity index (χ4n) is 2.22. The number of aryl methyl sites for hydroxylation is 2. The molecule has 0 aliphatic heterocycles. The number of benzene rings is 2. The fraction of sp³-hybridized carbons (Fsp3) is 0.222. The van der Waals surface area contributed by atoms with E-state index >= 15 is 0 Å². The molecule has 2 aromatic carbocycles. The maximum absolute atomic E-state index is 2.23. The van der Waals surface area contributed by atoms with E-state index in [0.717, 1.165) is 12.8 Å². The van der Waals surface area contributed by atoms with Crippen LogP contribution in [-0.4, -0.2) is 0 Å². The summed E-state index contributed by atoms with van der Waals surface area (Å²) >= 11 is 0. The highest BCUT2D eigenvalue weighted by molar-refractivity contribution is 5.72. The SMILES string of the molecule is CCc1ccccc1C=Cc1ccccc1CC. The molecular weight excluding hydrogens is 216 g/mol. The van der Waals surface area contributed by atoms with Crippen molar-refractivity contribution in [1.29, 1.82) is 0 Å². The molecule has 0 heterocycles.